The molecule has 0 N–H and O–H groups in total. The SMILES string of the molecule is C.C.C=C(CC1CCC2C(CC(C)CC(C)CCC(C)C3CCCCC(C)CC3CCC)CCC2C1)C(C(C)C/C=C(/C)CC)C(C)CC(CC)CC.CC(C)C.CC(C)C.CCCC(C)C. The highest BCUT2D eigenvalue weighted by atomic mass is 14.5. The van der Waals surface area contributed by atoms with Gasteiger partial charge in [0, 0.05) is 0 Å². The molecule has 3 fully saturated rings. The van der Waals surface area contributed by atoms with Crippen molar-refractivity contribution in [2.45, 2.75) is 307 Å². The van der Waals surface area contributed by atoms with E-state index in [4.69, 9.17) is 6.58 Å². The van der Waals surface area contributed by atoms with E-state index in [9.17, 15) is 0 Å². The Morgan fingerprint density at radius 1 is 0.627 bits per heavy atom. The van der Waals surface area contributed by atoms with E-state index in [0.29, 0.717) is 11.8 Å². The molecule has 3 rings (SSSR count). The summed E-state index contributed by atoms with van der Waals surface area (Å²) in [5.74, 6) is 15.1. The number of fused-ring (bicyclic) bond motifs is 1. The number of rotatable bonds is 24. The third kappa shape index (κ3) is 32.2. The second-order valence-electron chi connectivity index (χ2n) is 26.1. The number of hydrogen-bond acceptors (Lipinski definition) is 0. The quantitative estimate of drug-likeness (QED) is 0.0846. The van der Waals surface area contributed by atoms with Crippen LogP contribution < -0.4 is 0 Å². The number of allylic oxidation sites excluding steroid dienone is 3. The van der Waals surface area contributed by atoms with Crippen LogP contribution in [-0.2, 0) is 0 Å². The molecule has 13 unspecified atom stereocenters. The van der Waals surface area contributed by atoms with Gasteiger partial charge < -0.3 is 0 Å². The Kier molecular flexibility index (Phi) is 43.3. The van der Waals surface area contributed by atoms with E-state index in [2.05, 4.69) is 145 Å². The molecule has 0 saturated heterocycles. The maximum absolute atomic E-state index is 4.92. The third-order valence-corrected chi connectivity index (χ3v) is 16.8. The smallest absolute Gasteiger partial charge is 0.0151 e. The van der Waals surface area contributed by atoms with Gasteiger partial charge in [-0.25, -0.2) is 0 Å². The lowest BCUT2D eigenvalue weighted by atomic mass is 9.67. The first-order valence-corrected chi connectivity index (χ1v) is 30.0. The fourth-order valence-corrected chi connectivity index (χ4v) is 13.4. The summed E-state index contributed by atoms with van der Waals surface area (Å²) < 4.78 is 0. The highest BCUT2D eigenvalue weighted by Gasteiger charge is 2.41. The summed E-state index contributed by atoms with van der Waals surface area (Å²) in [6.45, 7) is 52.0. The lowest BCUT2D eigenvalue weighted by Crippen LogP contribution is -2.28. The molecule has 0 aromatic heterocycles. The summed E-state index contributed by atoms with van der Waals surface area (Å²) in [6, 6.07) is 0. The molecule has 0 spiro atoms. The highest BCUT2D eigenvalue weighted by Crippen LogP contribution is 2.52. The first-order valence-electron chi connectivity index (χ1n) is 30.0. The maximum atomic E-state index is 4.92. The minimum absolute atomic E-state index is 0. The molecule has 0 bridgehead atoms. The van der Waals surface area contributed by atoms with E-state index in [-0.39, 0.29) is 14.9 Å². The van der Waals surface area contributed by atoms with Crippen LogP contribution in [0.4, 0.5) is 0 Å². The molecular formula is C67H136. The molecular weight excluding hydrogens is 805 g/mol. The summed E-state index contributed by atoms with van der Waals surface area (Å²) in [5, 5.41) is 0. The number of hydrogen-bond donors (Lipinski definition) is 0. The summed E-state index contributed by atoms with van der Waals surface area (Å²) in [5.41, 5.74) is 3.17. The Hall–Kier alpha value is -0.520. The summed E-state index contributed by atoms with van der Waals surface area (Å²) in [6.07, 6.45) is 36.7. The van der Waals surface area contributed by atoms with Gasteiger partial charge in [-0.2, -0.15) is 0 Å². The Labute approximate surface area is 429 Å². The third-order valence-electron chi connectivity index (χ3n) is 16.8. The van der Waals surface area contributed by atoms with Crippen molar-refractivity contribution >= 4 is 0 Å². The van der Waals surface area contributed by atoms with Crippen molar-refractivity contribution in [1.29, 1.82) is 0 Å². The van der Waals surface area contributed by atoms with Gasteiger partial charge in [-0.1, -0.05) is 241 Å². The molecule has 0 aromatic carbocycles. The summed E-state index contributed by atoms with van der Waals surface area (Å²) in [7, 11) is 0. The van der Waals surface area contributed by atoms with Crippen LogP contribution in [0.2, 0.25) is 0 Å². The Balaban J connectivity index is -0.00000223. The fourth-order valence-electron chi connectivity index (χ4n) is 13.4. The van der Waals surface area contributed by atoms with E-state index >= 15 is 0 Å². The van der Waals surface area contributed by atoms with Crippen LogP contribution in [0.15, 0.2) is 23.8 Å². The highest BCUT2D eigenvalue weighted by molar-refractivity contribution is 5.09. The minimum Gasteiger partial charge on any atom is -0.0996 e. The molecule has 3 aliphatic carbocycles. The first kappa shape index (κ1) is 70.7. The standard InChI is InChI=1S/C51H94.C6H14.2C4H10.2CH4/c1-13-19-46-31-37(6)20-17-18-21-49(46)40(9)24-23-38(7)30-39(8)32-47-27-28-48-35-45(26-29-50(47)48)34-43(12)51(41(10)25-22-36(5)14-2)42(11)33-44(15-3)16-4;1-4-5-6(2)3;2*1-4(2)3;;/h22,37-42,44-51H,12-21,23-35H2,1-11H3;6H,4-5H2,1-3H3;2*4H,1-3H3;2*1H4/b36-22-;;;;;. The van der Waals surface area contributed by atoms with Crippen molar-refractivity contribution in [1.82, 2.24) is 0 Å². The zero-order valence-electron chi connectivity index (χ0n) is 49.1. The summed E-state index contributed by atoms with van der Waals surface area (Å²) in [4.78, 5) is 0. The second-order valence-corrected chi connectivity index (χ2v) is 26.1. The Bertz CT molecular complexity index is 1120. The van der Waals surface area contributed by atoms with Crippen LogP contribution in [0.1, 0.15) is 307 Å². The predicted octanol–water partition coefficient (Wildman–Crippen LogP) is 24.0. The average Bonchev–Trinajstić information content (AvgIpc) is 3.61. The minimum atomic E-state index is 0. The van der Waals surface area contributed by atoms with Gasteiger partial charge in [0.1, 0.15) is 0 Å². The van der Waals surface area contributed by atoms with Crippen LogP contribution in [0, 0.1) is 101 Å². The van der Waals surface area contributed by atoms with E-state index in [0.717, 1.165) is 88.8 Å². The molecule has 67 heavy (non-hydrogen) atoms. The van der Waals surface area contributed by atoms with Gasteiger partial charge in [-0.05, 0) is 191 Å². The van der Waals surface area contributed by atoms with Crippen molar-refractivity contribution in [3.63, 3.8) is 0 Å². The van der Waals surface area contributed by atoms with Crippen molar-refractivity contribution in [3.05, 3.63) is 23.8 Å². The Morgan fingerprint density at radius 2 is 1.22 bits per heavy atom. The molecule has 3 aliphatic rings. The van der Waals surface area contributed by atoms with Gasteiger partial charge in [0.25, 0.3) is 0 Å². The van der Waals surface area contributed by atoms with Crippen molar-refractivity contribution in [2.75, 3.05) is 0 Å². The van der Waals surface area contributed by atoms with Crippen molar-refractivity contribution in [3.8, 4) is 0 Å². The van der Waals surface area contributed by atoms with Gasteiger partial charge in [-0.3, -0.25) is 0 Å². The topological polar surface area (TPSA) is 0 Å². The van der Waals surface area contributed by atoms with Crippen LogP contribution in [0.25, 0.3) is 0 Å². The maximum Gasteiger partial charge on any atom is -0.0151 e. The average molecular weight is 942 g/mol. The van der Waals surface area contributed by atoms with Gasteiger partial charge in [0.2, 0.25) is 0 Å². The van der Waals surface area contributed by atoms with Gasteiger partial charge >= 0.3 is 0 Å². The molecule has 404 valence electrons. The molecule has 0 heteroatoms. The van der Waals surface area contributed by atoms with Crippen molar-refractivity contribution in [2.24, 2.45) is 101 Å². The molecule has 0 radical (unpaired) electrons. The van der Waals surface area contributed by atoms with E-state index in [1.54, 1.807) is 11.1 Å². The summed E-state index contributed by atoms with van der Waals surface area (Å²) >= 11 is 0. The Morgan fingerprint density at radius 3 is 1.75 bits per heavy atom. The second kappa shape index (κ2) is 41.0. The van der Waals surface area contributed by atoms with E-state index in [1.807, 2.05) is 0 Å². The van der Waals surface area contributed by atoms with Gasteiger partial charge in [0.05, 0.1) is 0 Å². The lowest BCUT2D eigenvalue weighted by molar-refractivity contribution is 0.143. The van der Waals surface area contributed by atoms with E-state index in [1.165, 1.54) is 154 Å². The van der Waals surface area contributed by atoms with Crippen LogP contribution >= 0.6 is 0 Å². The lowest BCUT2D eigenvalue weighted by Gasteiger charge is -2.38. The van der Waals surface area contributed by atoms with Crippen LogP contribution in [0.3, 0.4) is 0 Å². The van der Waals surface area contributed by atoms with Gasteiger partial charge in [0.15, 0.2) is 0 Å². The molecule has 13 atom stereocenters. The molecule has 0 heterocycles. The zero-order chi connectivity index (χ0) is 49.6. The monoisotopic (exact) mass is 941 g/mol. The largest absolute Gasteiger partial charge is 0.0996 e. The first-order chi connectivity index (χ1) is 30.6. The van der Waals surface area contributed by atoms with Crippen molar-refractivity contribution < 1.29 is 0 Å². The molecule has 0 amide bonds. The normalized spacial score (nSPS) is 25.8. The zero-order valence-corrected chi connectivity index (χ0v) is 49.1. The molecule has 0 aromatic rings. The fraction of sp³-hybridized carbons (Fsp3) is 0.940. The van der Waals surface area contributed by atoms with Crippen LogP contribution in [-0.4, -0.2) is 0 Å². The van der Waals surface area contributed by atoms with Crippen LogP contribution in [0.5, 0.6) is 0 Å². The van der Waals surface area contributed by atoms with E-state index < -0.39 is 0 Å². The van der Waals surface area contributed by atoms with Gasteiger partial charge in [-0.15, -0.1) is 0 Å². The molecule has 0 nitrogen and oxygen atoms in total. The predicted molar refractivity (Wildman–Crippen MR) is 314 cm³/mol. The molecule has 3 saturated carbocycles. The molecule has 0 aliphatic heterocycles.